The van der Waals surface area contributed by atoms with E-state index in [0.29, 0.717) is 25.9 Å². The smallest absolute Gasteiger partial charge is 0.315 e. The molecular weight excluding hydrogens is 294 g/mol. The van der Waals surface area contributed by atoms with E-state index in [1.807, 2.05) is 24.0 Å². The lowest BCUT2D eigenvalue weighted by Gasteiger charge is -2.17. The molecule has 3 N–H and O–H groups in total. The Bertz CT molecular complexity index is 530. The first-order chi connectivity index (χ1) is 11.0. The molecule has 1 fully saturated rings. The van der Waals surface area contributed by atoms with E-state index < -0.39 is 0 Å². The first-order valence-electron chi connectivity index (χ1n) is 8.14. The van der Waals surface area contributed by atoms with E-state index in [1.54, 1.807) is 12.1 Å². The molecule has 1 aromatic rings. The first-order valence-corrected chi connectivity index (χ1v) is 8.14. The molecule has 1 saturated heterocycles. The summed E-state index contributed by atoms with van der Waals surface area (Å²) in [5.41, 5.74) is 1.06. The van der Waals surface area contributed by atoms with Crippen LogP contribution in [0.5, 0.6) is 5.75 Å². The average molecular weight is 319 g/mol. The lowest BCUT2D eigenvalue weighted by molar-refractivity contribution is -0.127. The normalized spacial score (nSPS) is 15.5. The summed E-state index contributed by atoms with van der Waals surface area (Å²) in [5, 5.41) is 15.0. The predicted molar refractivity (Wildman–Crippen MR) is 88.2 cm³/mol. The molecule has 1 aliphatic rings. The minimum Gasteiger partial charge on any atom is -0.508 e. The van der Waals surface area contributed by atoms with Gasteiger partial charge in [-0.2, -0.15) is 0 Å². The number of hydrogen-bond acceptors (Lipinski definition) is 3. The first kappa shape index (κ1) is 17.1. The third-order valence-corrected chi connectivity index (χ3v) is 3.92. The van der Waals surface area contributed by atoms with Crippen molar-refractivity contribution in [2.75, 3.05) is 19.6 Å². The van der Waals surface area contributed by atoms with Gasteiger partial charge >= 0.3 is 6.03 Å². The van der Waals surface area contributed by atoms with Crippen LogP contribution in [0.3, 0.4) is 0 Å². The van der Waals surface area contributed by atoms with Crippen molar-refractivity contribution in [2.24, 2.45) is 0 Å². The number of benzene rings is 1. The number of hydrogen-bond donors (Lipinski definition) is 3. The maximum atomic E-state index is 11.8. The zero-order chi connectivity index (χ0) is 16.7. The SMILES string of the molecule is C[C@H](Cc1ccc(O)cc1)NC(=O)NCCCN1CCCC1=O. The fourth-order valence-electron chi connectivity index (χ4n) is 2.72. The Balaban J connectivity index is 1.60. The molecule has 0 bridgehead atoms. The number of amides is 3. The number of phenols is 1. The van der Waals surface area contributed by atoms with Crippen LogP contribution in [0.25, 0.3) is 0 Å². The van der Waals surface area contributed by atoms with Crippen LogP contribution in [-0.4, -0.2) is 47.6 Å². The van der Waals surface area contributed by atoms with Gasteiger partial charge in [-0.05, 0) is 43.9 Å². The highest BCUT2D eigenvalue weighted by atomic mass is 16.3. The van der Waals surface area contributed by atoms with E-state index in [1.165, 1.54) is 0 Å². The van der Waals surface area contributed by atoms with Crippen LogP contribution in [0.1, 0.15) is 31.7 Å². The van der Waals surface area contributed by atoms with Crippen LogP contribution in [0.2, 0.25) is 0 Å². The number of nitrogens with zero attached hydrogens (tertiary/aromatic N) is 1. The summed E-state index contributed by atoms with van der Waals surface area (Å²) in [6.45, 7) is 4.05. The number of phenolic OH excluding ortho intramolecular Hbond substituents is 1. The maximum Gasteiger partial charge on any atom is 0.315 e. The largest absolute Gasteiger partial charge is 0.508 e. The van der Waals surface area contributed by atoms with Gasteiger partial charge < -0.3 is 20.6 Å². The number of aromatic hydroxyl groups is 1. The molecule has 3 amide bonds. The monoisotopic (exact) mass is 319 g/mol. The number of nitrogens with one attached hydrogen (secondary N) is 2. The summed E-state index contributed by atoms with van der Waals surface area (Å²) in [4.78, 5) is 25.1. The van der Waals surface area contributed by atoms with Gasteiger partial charge in [0.15, 0.2) is 0 Å². The molecule has 1 heterocycles. The Kier molecular flexibility index (Phi) is 6.26. The molecule has 1 aromatic carbocycles. The molecule has 6 heteroatoms. The molecule has 0 radical (unpaired) electrons. The molecule has 0 spiro atoms. The van der Waals surface area contributed by atoms with Gasteiger partial charge in [0.05, 0.1) is 0 Å². The van der Waals surface area contributed by atoms with Crippen molar-refractivity contribution in [1.82, 2.24) is 15.5 Å². The Morgan fingerprint density at radius 2 is 2.09 bits per heavy atom. The molecule has 0 saturated carbocycles. The predicted octanol–water partition coefficient (Wildman–Crippen LogP) is 1.63. The maximum absolute atomic E-state index is 11.8. The molecule has 0 aliphatic carbocycles. The minimum atomic E-state index is -0.191. The highest BCUT2D eigenvalue weighted by Gasteiger charge is 2.19. The number of rotatable bonds is 7. The number of carbonyl (C=O) groups excluding carboxylic acids is 2. The second-order valence-corrected chi connectivity index (χ2v) is 6.01. The fourth-order valence-corrected chi connectivity index (χ4v) is 2.72. The average Bonchev–Trinajstić information content (AvgIpc) is 2.91. The highest BCUT2D eigenvalue weighted by molar-refractivity contribution is 5.78. The van der Waals surface area contributed by atoms with E-state index >= 15 is 0 Å². The molecule has 0 aromatic heterocycles. The van der Waals surface area contributed by atoms with E-state index in [-0.39, 0.29) is 23.7 Å². The van der Waals surface area contributed by atoms with Crippen molar-refractivity contribution in [1.29, 1.82) is 0 Å². The van der Waals surface area contributed by atoms with E-state index in [0.717, 1.165) is 24.9 Å². The number of urea groups is 1. The third kappa shape index (κ3) is 5.81. The summed E-state index contributed by atoms with van der Waals surface area (Å²) >= 11 is 0. The molecular formula is C17H25N3O3. The molecule has 2 rings (SSSR count). The summed E-state index contributed by atoms with van der Waals surface area (Å²) in [6, 6.07) is 6.78. The van der Waals surface area contributed by atoms with Gasteiger partial charge in [-0.25, -0.2) is 4.79 Å². The van der Waals surface area contributed by atoms with Crippen LogP contribution >= 0.6 is 0 Å². The van der Waals surface area contributed by atoms with Gasteiger partial charge in [0, 0.05) is 32.1 Å². The van der Waals surface area contributed by atoms with Crippen molar-refractivity contribution >= 4 is 11.9 Å². The topological polar surface area (TPSA) is 81.7 Å². The van der Waals surface area contributed by atoms with Crippen molar-refractivity contribution in [2.45, 2.75) is 38.6 Å². The second kappa shape index (κ2) is 8.41. The molecule has 23 heavy (non-hydrogen) atoms. The van der Waals surface area contributed by atoms with Crippen molar-refractivity contribution < 1.29 is 14.7 Å². The number of carbonyl (C=O) groups is 2. The van der Waals surface area contributed by atoms with Gasteiger partial charge in [-0.15, -0.1) is 0 Å². The van der Waals surface area contributed by atoms with E-state index in [2.05, 4.69) is 10.6 Å². The number of likely N-dealkylation sites (tertiary alicyclic amines) is 1. The van der Waals surface area contributed by atoms with Gasteiger partial charge in [-0.1, -0.05) is 12.1 Å². The zero-order valence-electron chi connectivity index (χ0n) is 13.5. The molecule has 6 nitrogen and oxygen atoms in total. The van der Waals surface area contributed by atoms with Crippen LogP contribution in [0, 0.1) is 0 Å². The zero-order valence-corrected chi connectivity index (χ0v) is 13.5. The van der Waals surface area contributed by atoms with Crippen molar-refractivity contribution in [3.63, 3.8) is 0 Å². The molecule has 1 aliphatic heterocycles. The summed E-state index contributed by atoms with van der Waals surface area (Å²) < 4.78 is 0. The Morgan fingerprint density at radius 3 is 2.74 bits per heavy atom. The Morgan fingerprint density at radius 1 is 1.35 bits per heavy atom. The quantitative estimate of drug-likeness (QED) is 0.668. The summed E-state index contributed by atoms with van der Waals surface area (Å²) in [7, 11) is 0. The Hall–Kier alpha value is -2.24. The van der Waals surface area contributed by atoms with Crippen LogP contribution in [-0.2, 0) is 11.2 Å². The molecule has 1 atom stereocenters. The minimum absolute atomic E-state index is 0.000275. The second-order valence-electron chi connectivity index (χ2n) is 6.01. The van der Waals surface area contributed by atoms with Crippen molar-refractivity contribution in [3.05, 3.63) is 29.8 Å². The van der Waals surface area contributed by atoms with E-state index in [9.17, 15) is 14.7 Å². The molecule has 126 valence electrons. The van der Waals surface area contributed by atoms with Crippen LogP contribution in [0.4, 0.5) is 4.79 Å². The van der Waals surface area contributed by atoms with Gasteiger partial charge in [0.25, 0.3) is 0 Å². The standard InChI is InChI=1S/C17H25N3O3/c1-13(12-14-5-7-15(21)8-6-14)19-17(23)18-9-3-11-20-10-2-4-16(20)22/h5-8,13,21H,2-4,9-12H2,1H3,(H2,18,19,23)/t13-/m1/s1. The fraction of sp³-hybridized carbons (Fsp3) is 0.529. The lowest BCUT2D eigenvalue weighted by Crippen LogP contribution is -2.42. The molecule has 0 unspecified atom stereocenters. The van der Waals surface area contributed by atoms with Gasteiger partial charge in [-0.3, -0.25) is 4.79 Å². The summed E-state index contributed by atoms with van der Waals surface area (Å²) in [5.74, 6) is 0.459. The highest BCUT2D eigenvalue weighted by Crippen LogP contribution is 2.11. The lowest BCUT2D eigenvalue weighted by atomic mass is 10.1. The van der Waals surface area contributed by atoms with E-state index in [4.69, 9.17) is 0 Å². The summed E-state index contributed by atoms with van der Waals surface area (Å²) in [6.07, 6.45) is 3.08. The van der Waals surface area contributed by atoms with Gasteiger partial charge in [0.2, 0.25) is 5.91 Å². The van der Waals surface area contributed by atoms with Gasteiger partial charge in [0.1, 0.15) is 5.75 Å². The van der Waals surface area contributed by atoms with Crippen LogP contribution in [0.15, 0.2) is 24.3 Å². The van der Waals surface area contributed by atoms with Crippen LogP contribution < -0.4 is 10.6 Å². The Labute approximate surface area is 136 Å². The third-order valence-electron chi connectivity index (χ3n) is 3.92. The van der Waals surface area contributed by atoms with Crippen molar-refractivity contribution in [3.8, 4) is 5.75 Å².